The van der Waals surface area contributed by atoms with Crippen molar-refractivity contribution in [1.29, 1.82) is 0 Å². The van der Waals surface area contributed by atoms with Crippen LogP contribution < -0.4 is 4.74 Å². The van der Waals surface area contributed by atoms with Gasteiger partial charge in [0.2, 0.25) is 0 Å². The lowest BCUT2D eigenvalue weighted by Crippen LogP contribution is -2.13. The van der Waals surface area contributed by atoms with E-state index < -0.39 is 18.4 Å². The Morgan fingerprint density at radius 2 is 1.83 bits per heavy atom. The lowest BCUT2D eigenvalue weighted by atomic mass is 9.77. The van der Waals surface area contributed by atoms with Gasteiger partial charge >= 0.3 is 6.18 Å². The molecule has 0 saturated heterocycles. The molecule has 1 aliphatic rings. The van der Waals surface area contributed by atoms with Gasteiger partial charge in [0.15, 0.2) is 11.6 Å². The molecular weight excluding hydrogens is 320 g/mol. The van der Waals surface area contributed by atoms with Crippen LogP contribution in [0.4, 0.5) is 17.6 Å². The minimum absolute atomic E-state index is 0.0422. The second-order valence-electron chi connectivity index (χ2n) is 6.76. The largest absolute Gasteiger partial charge is 0.491 e. The van der Waals surface area contributed by atoms with Crippen LogP contribution in [0.5, 0.6) is 5.75 Å². The van der Waals surface area contributed by atoms with E-state index in [1.807, 2.05) is 6.07 Å². The van der Waals surface area contributed by atoms with Gasteiger partial charge in [-0.15, -0.1) is 0 Å². The quantitative estimate of drug-likeness (QED) is 0.398. The molecule has 0 aliphatic heterocycles. The van der Waals surface area contributed by atoms with Gasteiger partial charge in [-0.2, -0.15) is 13.2 Å². The van der Waals surface area contributed by atoms with Gasteiger partial charge in [0, 0.05) is 6.42 Å². The van der Waals surface area contributed by atoms with Gasteiger partial charge in [-0.1, -0.05) is 25.8 Å². The summed E-state index contributed by atoms with van der Waals surface area (Å²) in [6, 6.07) is 4.90. The van der Waals surface area contributed by atoms with Gasteiger partial charge in [0.25, 0.3) is 0 Å². The molecule has 24 heavy (non-hydrogen) atoms. The van der Waals surface area contributed by atoms with Crippen molar-refractivity contribution in [2.24, 2.45) is 5.92 Å². The second kappa shape index (κ2) is 8.72. The zero-order chi connectivity index (χ0) is 17.6. The Labute approximate surface area is 141 Å². The third-order valence-corrected chi connectivity index (χ3v) is 4.83. The smallest absolute Gasteiger partial charge is 0.389 e. The molecule has 1 saturated carbocycles. The SMILES string of the molecule is CCCC1CCC(c2ccc(OCCCC(F)(F)F)c(F)c2)CC1. The molecular formula is C19H26F4O. The molecule has 1 aliphatic carbocycles. The van der Waals surface area contributed by atoms with Crippen molar-refractivity contribution in [1.82, 2.24) is 0 Å². The van der Waals surface area contributed by atoms with Crippen LogP contribution in [-0.4, -0.2) is 12.8 Å². The van der Waals surface area contributed by atoms with Crippen molar-refractivity contribution < 1.29 is 22.3 Å². The van der Waals surface area contributed by atoms with Crippen molar-refractivity contribution in [3.8, 4) is 5.75 Å². The molecule has 0 radical (unpaired) electrons. The first-order chi connectivity index (χ1) is 11.4. The Balaban J connectivity index is 1.84. The maximum absolute atomic E-state index is 14.1. The Morgan fingerprint density at radius 1 is 1.12 bits per heavy atom. The molecule has 0 heterocycles. The number of hydrogen-bond acceptors (Lipinski definition) is 1. The molecule has 1 nitrogen and oxygen atoms in total. The molecule has 0 amide bonds. The van der Waals surface area contributed by atoms with Crippen LogP contribution in [-0.2, 0) is 0 Å². The van der Waals surface area contributed by atoms with Gasteiger partial charge in [0.1, 0.15) is 0 Å². The summed E-state index contributed by atoms with van der Waals surface area (Å²) in [6.45, 7) is 2.08. The molecule has 0 bridgehead atoms. The fourth-order valence-corrected chi connectivity index (χ4v) is 3.54. The summed E-state index contributed by atoms with van der Waals surface area (Å²) in [5.41, 5.74) is 0.977. The predicted octanol–water partition coefficient (Wildman–Crippen LogP) is 6.62. The first-order valence-corrected chi connectivity index (χ1v) is 8.88. The molecule has 5 heteroatoms. The van der Waals surface area contributed by atoms with Crippen molar-refractivity contribution >= 4 is 0 Å². The third-order valence-electron chi connectivity index (χ3n) is 4.83. The Hall–Kier alpha value is -1.26. The molecule has 1 aromatic rings. The van der Waals surface area contributed by atoms with Crippen LogP contribution in [0.2, 0.25) is 0 Å². The van der Waals surface area contributed by atoms with E-state index in [2.05, 4.69) is 6.92 Å². The monoisotopic (exact) mass is 346 g/mol. The topological polar surface area (TPSA) is 9.23 Å². The number of benzene rings is 1. The van der Waals surface area contributed by atoms with E-state index in [4.69, 9.17) is 4.74 Å². The van der Waals surface area contributed by atoms with Crippen LogP contribution in [0, 0.1) is 11.7 Å². The Bertz CT molecular complexity index is 505. The highest BCUT2D eigenvalue weighted by Gasteiger charge is 2.26. The molecule has 0 spiro atoms. The summed E-state index contributed by atoms with van der Waals surface area (Å²) >= 11 is 0. The second-order valence-corrected chi connectivity index (χ2v) is 6.76. The standard InChI is InChI=1S/C19H26F4O/c1-2-4-14-5-7-15(8-6-14)16-9-10-18(17(20)13-16)24-12-3-11-19(21,22)23/h9-10,13-15H,2-8,11-12H2,1H3. The van der Waals surface area contributed by atoms with E-state index in [0.717, 1.165) is 24.3 Å². The van der Waals surface area contributed by atoms with Crippen LogP contribution in [0.3, 0.4) is 0 Å². The Morgan fingerprint density at radius 3 is 2.42 bits per heavy atom. The van der Waals surface area contributed by atoms with Crippen LogP contribution in [0.15, 0.2) is 18.2 Å². The molecule has 1 aromatic carbocycles. The summed E-state index contributed by atoms with van der Waals surface area (Å²) in [6.07, 6.45) is 1.76. The highest BCUT2D eigenvalue weighted by Crippen LogP contribution is 2.38. The molecule has 136 valence electrons. The van der Waals surface area contributed by atoms with Crippen LogP contribution >= 0.6 is 0 Å². The lowest BCUT2D eigenvalue weighted by molar-refractivity contribution is -0.136. The maximum atomic E-state index is 14.1. The van der Waals surface area contributed by atoms with E-state index >= 15 is 0 Å². The van der Waals surface area contributed by atoms with E-state index in [0.29, 0.717) is 5.92 Å². The van der Waals surface area contributed by atoms with E-state index in [-0.39, 0.29) is 18.8 Å². The van der Waals surface area contributed by atoms with Crippen LogP contribution in [0.1, 0.15) is 69.8 Å². The average molecular weight is 346 g/mol. The minimum atomic E-state index is -4.19. The zero-order valence-electron chi connectivity index (χ0n) is 14.2. The number of rotatable bonds is 7. The van der Waals surface area contributed by atoms with Crippen molar-refractivity contribution in [2.45, 2.75) is 70.4 Å². The number of ether oxygens (including phenoxy) is 1. The van der Waals surface area contributed by atoms with Crippen molar-refractivity contribution in [2.75, 3.05) is 6.61 Å². The summed E-state index contributed by atoms with van der Waals surface area (Å²) in [7, 11) is 0. The summed E-state index contributed by atoms with van der Waals surface area (Å²) in [4.78, 5) is 0. The first-order valence-electron chi connectivity index (χ1n) is 8.88. The molecule has 0 unspecified atom stereocenters. The molecule has 1 fully saturated rings. The van der Waals surface area contributed by atoms with E-state index in [1.54, 1.807) is 6.07 Å². The molecule has 2 rings (SSSR count). The normalized spacial score (nSPS) is 21.7. The number of halogens is 4. The highest BCUT2D eigenvalue weighted by molar-refractivity contribution is 5.31. The van der Waals surface area contributed by atoms with Gasteiger partial charge in [-0.05, 0) is 61.6 Å². The summed E-state index contributed by atoms with van der Waals surface area (Å²) in [5.74, 6) is 0.745. The van der Waals surface area contributed by atoms with E-state index in [9.17, 15) is 17.6 Å². The lowest BCUT2D eigenvalue weighted by Gasteiger charge is -2.28. The van der Waals surface area contributed by atoms with E-state index in [1.165, 1.54) is 31.7 Å². The number of alkyl halides is 3. The highest BCUT2D eigenvalue weighted by atomic mass is 19.4. The fourth-order valence-electron chi connectivity index (χ4n) is 3.54. The fraction of sp³-hybridized carbons (Fsp3) is 0.684. The Kier molecular flexibility index (Phi) is 6.93. The van der Waals surface area contributed by atoms with Crippen LogP contribution in [0.25, 0.3) is 0 Å². The maximum Gasteiger partial charge on any atom is 0.389 e. The van der Waals surface area contributed by atoms with Gasteiger partial charge in [0.05, 0.1) is 6.61 Å². The molecule has 0 atom stereocenters. The minimum Gasteiger partial charge on any atom is -0.491 e. The summed E-state index contributed by atoms with van der Waals surface area (Å²) < 4.78 is 55.5. The average Bonchev–Trinajstić information content (AvgIpc) is 2.53. The molecule has 0 aromatic heterocycles. The van der Waals surface area contributed by atoms with Crippen molar-refractivity contribution in [3.63, 3.8) is 0 Å². The van der Waals surface area contributed by atoms with Gasteiger partial charge in [-0.25, -0.2) is 4.39 Å². The van der Waals surface area contributed by atoms with Crippen molar-refractivity contribution in [3.05, 3.63) is 29.6 Å². The first kappa shape index (κ1) is 19.1. The third kappa shape index (κ3) is 5.99. The zero-order valence-corrected chi connectivity index (χ0v) is 14.2. The predicted molar refractivity (Wildman–Crippen MR) is 86.8 cm³/mol. The van der Waals surface area contributed by atoms with Gasteiger partial charge in [-0.3, -0.25) is 0 Å². The molecule has 0 N–H and O–H groups in total. The number of hydrogen-bond donors (Lipinski definition) is 0. The van der Waals surface area contributed by atoms with Gasteiger partial charge < -0.3 is 4.74 Å². The summed E-state index contributed by atoms with van der Waals surface area (Å²) in [5, 5.41) is 0.